The molecule has 6 nitrogen and oxygen atoms in total. The standard InChI is InChI=1S/C15H23N3O3/c1-10-8-18(6-5-13(10)19)9-15(20)17-12-4-3-11(16)7-14(12)21-2/h3-4,7,10,13,19H,5-6,8-9,16H2,1-2H3,(H,17,20). The first kappa shape index (κ1) is 15.6. The lowest BCUT2D eigenvalue weighted by atomic mass is 9.97. The van der Waals surface area contributed by atoms with E-state index < -0.39 is 0 Å². The Morgan fingerprint density at radius 1 is 1.57 bits per heavy atom. The SMILES string of the molecule is COc1cc(N)ccc1NC(=O)CN1CCC(O)C(C)C1. The van der Waals surface area contributed by atoms with Crippen LogP contribution in [0, 0.1) is 5.92 Å². The number of methoxy groups -OCH3 is 1. The lowest BCUT2D eigenvalue weighted by Crippen LogP contribution is -2.45. The maximum Gasteiger partial charge on any atom is 0.238 e. The smallest absolute Gasteiger partial charge is 0.238 e. The Bertz CT molecular complexity index is 507. The Morgan fingerprint density at radius 3 is 3.00 bits per heavy atom. The minimum Gasteiger partial charge on any atom is -0.494 e. The van der Waals surface area contributed by atoms with Gasteiger partial charge in [-0.15, -0.1) is 0 Å². The molecule has 0 saturated carbocycles. The fourth-order valence-corrected chi connectivity index (χ4v) is 2.57. The maximum absolute atomic E-state index is 12.1. The van der Waals surface area contributed by atoms with E-state index in [4.69, 9.17) is 10.5 Å². The van der Waals surface area contributed by atoms with Crippen molar-refractivity contribution in [3.63, 3.8) is 0 Å². The highest BCUT2D eigenvalue weighted by atomic mass is 16.5. The minimum atomic E-state index is -0.262. The molecule has 0 aliphatic carbocycles. The van der Waals surface area contributed by atoms with E-state index in [9.17, 15) is 9.90 Å². The average molecular weight is 293 g/mol. The highest BCUT2D eigenvalue weighted by molar-refractivity contribution is 5.94. The van der Waals surface area contributed by atoms with Gasteiger partial charge in [0.15, 0.2) is 0 Å². The van der Waals surface area contributed by atoms with Crippen LogP contribution in [0.2, 0.25) is 0 Å². The van der Waals surface area contributed by atoms with Crippen LogP contribution in [-0.4, -0.2) is 48.8 Å². The third kappa shape index (κ3) is 4.09. The number of ether oxygens (including phenoxy) is 1. The van der Waals surface area contributed by atoms with E-state index in [1.165, 1.54) is 7.11 Å². The summed E-state index contributed by atoms with van der Waals surface area (Å²) in [6.45, 7) is 3.77. The number of nitrogens with two attached hydrogens (primary N) is 1. The molecule has 1 heterocycles. The summed E-state index contributed by atoms with van der Waals surface area (Å²) in [5.41, 5.74) is 6.89. The molecular weight excluding hydrogens is 270 g/mol. The number of carbonyl (C=O) groups excluding carboxylic acids is 1. The van der Waals surface area contributed by atoms with Crippen molar-refractivity contribution in [1.82, 2.24) is 4.90 Å². The summed E-state index contributed by atoms with van der Waals surface area (Å²) in [6, 6.07) is 5.13. The van der Waals surface area contributed by atoms with Gasteiger partial charge in [-0.05, 0) is 24.5 Å². The Kier molecular flexibility index (Phi) is 5.03. The number of rotatable bonds is 4. The van der Waals surface area contributed by atoms with E-state index in [2.05, 4.69) is 10.2 Å². The monoisotopic (exact) mass is 293 g/mol. The molecular formula is C15H23N3O3. The van der Waals surface area contributed by atoms with Gasteiger partial charge in [-0.3, -0.25) is 9.69 Å². The number of amides is 1. The van der Waals surface area contributed by atoms with Crippen LogP contribution in [0.5, 0.6) is 5.75 Å². The van der Waals surface area contributed by atoms with Crippen molar-refractivity contribution in [1.29, 1.82) is 0 Å². The van der Waals surface area contributed by atoms with Crippen LogP contribution in [0.25, 0.3) is 0 Å². The molecule has 1 aliphatic rings. The second kappa shape index (κ2) is 6.78. The van der Waals surface area contributed by atoms with Crippen molar-refractivity contribution in [2.45, 2.75) is 19.4 Å². The Labute approximate surface area is 124 Å². The van der Waals surface area contributed by atoms with Crippen molar-refractivity contribution in [2.24, 2.45) is 5.92 Å². The van der Waals surface area contributed by atoms with Crippen LogP contribution >= 0.6 is 0 Å². The number of likely N-dealkylation sites (tertiary alicyclic amines) is 1. The Morgan fingerprint density at radius 2 is 2.33 bits per heavy atom. The highest BCUT2D eigenvalue weighted by Gasteiger charge is 2.25. The van der Waals surface area contributed by atoms with Crippen LogP contribution in [-0.2, 0) is 4.79 Å². The largest absolute Gasteiger partial charge is 0.494 e. The average Bonchev–Trinajstić information content (AvgIpc) is 2.44. The van der Waals surface area contributed by atoms with Gasteiger partial charge >= 0.3 is 0 Å². The number of nitrogen functional groups attached to an aromatic ring is 1. The van der Waals surface area contributed by atoms with Gasteiger partial charge in [-0.25, -0.2) is 0 Å². The maximum atomic E-state index is 12.1. The summed E-state index contributed by atoms with van der Waals surface area (Å²) in [4.78, 5) is 14.2. The fourth-order valence-electron chi connectivity index (χ4n) is 2.57. The predicted molar refractivity (Wildman–Crippen MR) is 82.3 cm³/mol. The minimum absolute atomic E-state index is 0.0957. The van der Waals surface area contributed by atoms with E-state index in [1.807, 2.05) is 6.92 Å². The molecule has 6 heteroatoms. The van der Waals surface area contributed by atoms with Crippen molar-refractivity contribution in [2.75, 3.05) is 37.8 Å². The van der Waals surface area contributed by atoms with Gasteiger partial charge in [0, 0.05) is 24.8 Å². The number of aliphatic hydroxyl groups excluding tert-OH is 1. The van der Waals surface area contributed by atoms with E-state index in [0.29, 0.717) is 30.1 Å². The molecule has 0 aromatic heterocycles. The van der Waals surface area contributed by atoms with Crippen LogP contribution in [0.4, 0.5) is 11.4 Å². The molecule has 1 aliphatic heterocycles. The quantitative estimate of drug-likeness (QED) is 0.718. The molecule has 2 unspecified atom stereocenters. The van der Waals surface area contributed by atoms with Gasteiger partial charge in [0.1, 0.15) is 5.75 Å². The first-order chi connectivity index (χ1) is 9.99. The second-order valence-corrected chi connectivity index (χ2v) is 5.58. The van der Waals surface area contributed by atoms with Gasteiger partial charge < -0.3 is 20.9 Å². The van der Waals surface area contributed by atoms with Crippen LogP contribution < -0.4 is 15.8 Å². The van der Waals surface area contributed by atoms with Crippen LogP contribution in [0.15, 0.2) is 18.2 Å². The van der Waals surface area contributed by atoms with Gasteiger partial charge in [0.25, 0.3) is 0 Å². The summed E-state index contributed by atoms with van der Waals surface area (Å²) >= 11 is 0. The molecule has 2 atom stereocenters. The van der Waals surface area contributed by atoms with Gasteiger partial charge in [-0.2, -0.15) is 0 Å². The lowest BCUT2D eigenvalue weighted by molar-refractivity contribution is -0.118. The van der Waals surface area contributed by atoms with E-state index in [1.54, 1.807) is 18.2 Å². The highest BCUT2D eigenvalue weighted by Crippen LogP contribution is 2.26. The number of nitrogens with zero attached hydrogens (tertiary/aromatic N) is 1. The molecule has 1 amide bonds. The zero-order valence-electron chi connectivity index (χ0n) is 12.5. The van der Waals surface area contributed by atoms with E-state index in [0.717, 1.165) is 13.1 Å². The Balaban J connectivity index is 1.93. The van der Waals surface area contributed by atoms with E-state index in [-0.39, 0.29) is 17.9 Å². The lowest BCUT2D eigenvalue weighted by Gasteiger charge is -2.33. The number of nitrogens with one attached hydrogen (secondary N) is 1. The number of aliphatic hydroxyl groups is 1. The molecule has 1 aromatic rings. The molecule has 1 saturated heterocycles. The van der Waals surface area contributed by atoms with Crippen molar-refractivity contribution >= 4 is 17.3 Å². The third-order valence-electron chi connectivity index (χ3n) is 3.81. The zero-order chi connectivity index (χ0) is 15.4. The molecule has 1 fully saturated rings. The fraction of sp³-hybridized carbons (Fsp3) is 0.533. The van der Waals surface area contributed by atoms with Gasteiger partial charge in [-0.1, -0.05) is 6.92 Å². The molecule has 1 aromatic carbocycles. The van der Waals surface area contributed by atoms with Crippen LogP contribution in [0.1, 0.15) is 13.3 Å². The topological polar surface area (TPSA) is 87.8 Å². The molecule has 0 radical (unpaired) electrons. The molecule has 0 spiro atoms. The Hall–Kier alpha value is -1.79. The number of hydrogen-bond acceptors (Lipinski definition) is 5. The van der Waals surface area contributed by atoms with E-state index >= 15 is 0 Å². The second-order valence-electron chi connectivity index (χ2n) is 5.58. The summed E-state index contributed by atoms with van der Waals surface area (Å²) in [6.07, 6.45) is 0.445. The van der Waals surface area contributed by atoms with Crippen molar-refractivity contribution in [3.05, 3.63) is 18.2 Å². The van der Waals surface area contributed by atoms with Crippen molar-refractivity contribution < 1.29 is 14.6 Å². The number of piperidine rings is 1. The zero-order valence-corrected chi connectivity index (χ0v) is 12.5. The first-order valence-corrected chi connectivity index (χ1v) is 7.13. The molecule has 4 N–H and O–H groups in total. The molecule has 116 valence electrons. The summed E-state index contributed by atoms with van der Waals surface area (Å²) in [5, 5.41) is 12.5. The predicted octanol–water partition coefficient (Wildman–Crippen LogP) is 0.919. The molecule has 21 heavy (non-hydrogen) atoms. The number of hydrogen-bond donors (Lipinski definition) is 3. The van der Waals surface area contributed by atoms with Gasteiger partial charge in [0.2, 0.25) is 5.91 Å². The number of carbonyl (C=O) groups is 1. The van der Waals surface area contributed by atoms with Crippen LogP contribution in [0.3, 0.4) is 0 Å². The number of benzene rings is 1. The summed E-state index contributed by atoms with van der Waals surface area (Å²) in [7, 11) is 1.54. The molecule has 2 rings (SSSR count). The third-order valence-corrected chi connectivity index (χ3v) is 3.81. The summed E-state index contributed by atoms with van der Waals surface area (Å²) < 4.78 is 5.21. The summed E-state index contributed by atoms with van der Waals surface area (Å²) in [5.74, 6) is 0.644. The molecule has 0 bridgehead atoms. The number of anilines is 2. The first-order valence-electron chi connectivity index (χ1n) is 7.13. The normalized spacial score (nSPS) is 22.8. The van der Waals surface area contributed by atoms with Gasteiger partial charge in [0.05, 0.1) is 25.4 Å². The van der Waals surface area contributed by atoms with Crippen molar-refractivity contribution in [3.8, 4) is 5.75 Å².